The van der Waals surface area contributed by atoms with Gasteiger partial charge in [0.15, 0.2) is 23.2 Å². The van der Waals surface area contributed by atoms with Gasteiger partial charge in [0.2, 0.25) is 0 Å². The Morgan fingerprint density at radius 3 is 2.49 bits per heavy atom. The predicted molar refractivity (Wildman–Crippen MR) is 138 cm³/mol. The van der Waals surface area contributed by atoms with Crippen LogP contribution in [0, 0.1) is 17.5 Å². The van der Waals surface area contributed by atoms with Crippen LogP contribution in [0.5, 0.6) is 11.5 Å². The predicted octanol–water partition coefficient (Wildman–Crippen LogP) is 5.13. The number of benzene rings is 2. The van der Waals surface area contributed by atoms with E-state index in [0.29, 0.717) is 16.6 Å². The molecule has 0 aliphatic heterocycles. The first-order valence-corrected chi connectivity index (χ1v) is 11.8. The Labute approximate surface area is 221 Å². The Kier molecular flexibility index (Phi) is 7.55. The fourth-order valence-corrected chi connectivity index (χ4v) is 3.95. The van der Waals surface area contributed by atoms with E-state index in [1.54, 1.807) is 24.3 Å². The van der Waals surface area contributed by atoms with Gasteiger partial charge < -0.3 is 19.5 Å². The summed E-state index contributed by atoms with van der Waals surface area (Å²) >= 11 is 0. The van der Waals surface area contributed by atoms with E-state index in [0.717, 1.165) is 18.3 Å². The van der Waals surface area contributed by atoms with Crippen LogP contribution in [0.4, 0.5) is 24.7 Å². The van der Waals surface area contributed by atoms with E-state index in [9.17, 15) is 13.2 Å². The maximum atomic E-state index is 14.9. The summed E-state index contributed by atoms with van der Waals surface area (Å²) in [6, 6.07) is 10.9. The van der Waals surface area contributed by atoms with Crippen molar-refractivity contribution in [3.05, 3.63) is 84.1 Å². The van der Waals surface area contributed by atoms with Gasteiger partial charge in [0, 0.05) is 36.4 Å². The number of aromatic nitrogens is 5. The van der Waals surface area contributed by atoms with Gasteiger partial charge in [-0.15, -0.1) is 0 Å². The standard InChI is InChI=1S/C27H23F3N6O3/c1-37-9-10-39-16-11-19(28)18(20(29)12-16)15-36-23-6-4-3-5-17(23)25(35-36)27-32-14-24(38-2)26(34-27)33-22-7-8-31-13-21(22)30/h3-8,11-14H,9-10,15H2,1-2H3,(H,31,32,33,34). The first kappa shape index (κ1) is 25.9. The molecule has 0 amide bonds. The number of pyridine rings is 1. The number of hydrogen-bond donors (Lipinski definition) is 1. The van der Waals surface area contributed by atoms with Crippen molar-refractivity contribution in [2.24, 2.45) is 0 Å². The number of methoxy groups -OCH3 is 2. The molecule has 5 aromatic rings. The highest BCUT2D eigenvalue weighted by Gasteiger charge is 2.20. The van der Waals surface area contributed by atoms with Gasteiger partial charge in [-0.05, 0) is 12.1 Å². The molecule has 0 fully saturated rings. The van der Waals surface area contributed by atoms with Crippen LogP contribution in [0.1, 0.15) is 5.56 Å². The number of hydrogen-bond acceptors (Lipinski definition) is 8. The minimum Gasteiger partial charge on any atom is -0.491 e. The van der Waals surface area contributed by atoms with Crippen molar-refractivity contribution in [1.82, 2.24) is 24.7 Å². The van der Waals surface area contributed by atoms with Crippen molar-refractivity contribution in [1.29, 1.82) is 0 Å². The smallest absolute Gasteiger partial charge is 0.183 e. The quantitative estimate of drug-likeness (QED) is 0.246. The van der Waals surface area contributed by atoms with E-state index in [4.69, 9.17) is 14.2 Å². The van der Waals surface area contributed by atoms with E-state index in [1.807, 2.05) is 0 Å². The minimum atomic E-state index is -0.768. The normalized spacial score (nSPS) is 11.1. The molecule has 0 spiro atoms. The summed E-state index contributed by atoms with van der Waals surface area (Å²) in [5.41, 5.74) is 0.941. The number of rotatable bonds is 10. The van der Waals surface area contributed by atoms with Crippen LogP contribution >= 0.6 is 0 Å². The molecule has 0 bridgehead atoms. The van der Waals surface area contributed by atoms with Gasteiger partial charge in [-0.3, -0.25) is 9.67 Å². The molecule has 0 atom stereocenters. The number of nitrogens with one attached hydrogen (secondary N) is 1. The lowest BCUT2D eigenvalue weighted by Crippen LogP contribution is -2.09. The Morgan fingerprint density at radius 2 is 1.74 bits per heavy atom. The second-order valence-corrected chi connectivity index (χ2v) is 8.32. The third-order valence-electron chi connectivity index (χ3n) is 5.85. The molecule has 0 saturated carbocycles. The number of nitrogens with zero attached hydrogens (tertiary/aromatic N) is 5. The lowest BCUT2D eigenvalue weighted by Gasteiger charge is -2.11. The van der Waals surface area contributed by atoms with Crippen LogP contribution in [0.15, 0.2) is 61.1 Å². The third-order valence-corrected chi connectivity index (χ3v) is 5.85. The number of para-hydroxylation sites is 1. The fourth-order valence-electron chi connectivity index (χ4n) is 3.95. The van der Waals surface area contributed by atoms with E-state index in [1.165, 1.54) is 37.4 Å². The van der Waals surface area contributed by atoms with Gasteiger partial charge in [0.25, 0.3) is 0 Å². The SMILES string of the molecule is COCCOc1cc(F)c(Cn2nc(-c3ncc(OC)c(Nc4ccncc4F)n3)c3ccccc32)c(F)c1. The van der Waals surface area contributed by atoms with Gasteiger partial charge in [0.05, 0.1) is 43.9 Å². The van der Waals surface area contributed by atoms with Crippen molar-refractivity contribution in [2.75, 3.05) is 32.8 Å². The third kappa shape index (κ3) is 5.46. The largest absolute Gasteiger partial charge is 0.491 e. The number of ether oxygens (including phenoxy) is 3. The van der Waals surface area contributed by atoms with E-state index >= 15 is 0 Å². The molecule has 2 aromatic carbocycles. The zero-order valence-electron chi connectivity index (χ0n) is 21.0. The second-order valence-electron chi connectivity index (χ2n) is 8.32. The molecule has 0 aliphatic rings. The van der Waals surface area contributed by atoms with Crippen LogP contribution < -0.4 is 14.8 Å². The van der Waals surface area contributed by atoms with Crippen molar-refractivity contribution in [3.8, 4) is 23.0 Å². The van der Waals surface area contributed by atoms with Crippen molar-refractivity contribution in [3.63, 3.8) is 0 Å². The average molecular weight is 537 g/mol. The second kappa shape index (κ2) is 11.4. The topological polar surface area (TPSA) is 96.2 Å². The van der Waals surface area contributed by atoms with Gasteiger partial charge in [0.1, 0.15) is 29.7 Å². The maximum Gasteiger partial charge on any atom is 0.183 e. The summed E-state index contributed by atoms with van der Waals surface area (Å²) in [6.45, 7) is 0.254. The summed E-state index contributed by atoms with van der Waals surface area (Å²) in [5.74, 6) is -1.37. The molecule has 0 unspecified atom stereocenters. The molecule has 0 saturated heterocycles. The van der Waals surface area contributed by atoms with Crippen LogP contribution in [-0.2, 0) is 11.3 Å². The Morgan fingerprint density at radius 1 is 0.949 bits per heavy atom. The van der Waals surface area contributed by atoms with E-state index in [-0.39, 0.29) is 54.2 Å². The highest BCUT2D eigenvalue weighted by atomic mass is 19.1. The monoisotopic (exact) mass is 536 g/mol. The van der Waals surface area contributed by atoms with Crippen molar-refractivity contribution in [2.45, 2.75) is 6.54 Å². The first-order valence-electron chi connectivity index (χ1n) is 11.8. The molecule has 3 heterocycles. The molecular formula is C27H23F3N6O3. The number of anilines is 2. The van der Waals surface area contributed by atoms with Crippen molar-refractivity contribution < 1.29 is 27.4 Å². The summed E-state index contributed by atoms with van der Waals surface area (Å²) in [5, 5.41) is 8.15. The molecule has 9 nitrogen and oxygen atoms in total. The molecule has 12 heteroatoms. The van der Waals surface area contributed by atoms with Gasteiger partial charge in [-0.1, -0.05) is 18.2 Å². The molecule has 3 aromatic heterocycles. The molecule has 39 heavy (non-hydrogen) atoms. The zero-order valence-corrected chi connectivity index (χ0v) is 21.0. The lowest BCUT2D eigenvalue weighted by molar-refractivity contribution is 0.146. The minimum absolute atomic E-state index is 0.0640. The number of fused-ring (bicyclic) bond motifs is 1. The van der Waals surface area contributed by atoms with Crippen LogP contribution in [0.25, 0.3) is 22.4 Å². The highest BCUT2D eigenvalue weighted by Crippen LogP contribution is 2.32. The molecular weight excluding hydrogens is 513 g/mol. The summed E-state index contributed by atoms with van der Waals surface area (Å²) < 4.78 is 61.1. The molecule has 0 radical (unpaired) electrons. The summed E-state index contributed by atoms with van der Waals surface area (Å²) in [4.78, 5) is 12.6. The van der Waals surface area contributed by atoms with E-state index < -0.39 is 17.5 Å². The van der Waals surface area contributed by atoms with Gasteiger partial charge in [-0.2, -0.15) is 5.10 Å². The molecule has 200 valence electrons. The maximum absolute atomic E-state index is 14.9. The van der Waals surface area contributed by atoms with Crippen molar-refractivity contribution >= 4 is 22.4 Å². The lowest BCUT2D eigenvalue weighted by atomic mass is 10.1. The summed E-state index contributed by atoms with van der Waals surface area (Å²) in [7, 11) is 2.94. The molecule has 0 aliphatic carbocycles. The Bertz CT molecular complexity index is 1610. The molecule has 5 rings (SSSR count). The van der Waals surface area contributed by atoms with Crippen LogP contribution in [-0.4, -0.2) is 52.2 Å². The fraction of sp³-hybridized carbons (Fsp3) is 0.185. The van der Waals surface area contributed by atoms with Gasteiger partial charge >= 0.3 is 0 Å². The van der Waals surface area contributed by atoms with Crippen LogP contribution in [0.3, 0.4) is 0 Å². The Balaban J connectivity index is 1.52. The highest BCUT2D eigenvalue weighted by molar-refractivity contribution is 5.92. The number of halogens is 3. The Hall–Kier alpha value is -4.71. The van der Waals surface area contributed by atoms with E-state index in [2.05, 4.69) is 25.4 Å². The van der Waals surface area contributed by atoms with Gasteiger partial charge in [-0.25, -0.2) is 23.1 Å². The molecule has 1 N–H and O–H groups in total. The summed E-state index contributed by atoms with van der Waals surface area (Å²) in [6.07, 6.45) is 3.94. The zero-order chi connectivity index (χ0) is 27.4. The van der Waals surface area contributed by atoms with Crippen LogP contribution in [0.2, 0.25) is 0 Å². The first-order chi connectivity index (χ1) is 19.0. The average Bonchev–Trinajstić information content (AvgIpc) is 3.30.